The van der Waals surface area contributed by atoms with Crippen LogP contribution in [0, 0.1) is 0 Å². The van der Waals surface area contributed by atoms with Crippen molar-refractivity contribution in [2.75, 3.05) is 11.1 Å². The number of hydrogen-bond acceptors (Lipinski definition) is 2. The Balaban J connectivity index is 2.24. The minimum atomic E-state index is -4.40. The minimum absolute atomic E-state index is 0.00616. The molecule has 0 aliphatic heterocycles. The van der Waals surface area contributed by atoms with Gasteiger partial charge in [-0.25, -0.2) is 0 Å². The van der Waals surface area contributed by atoms with E-state index in [1.807, 2.05) is 0 Å². The maximum absolute atomic E-state index is 12.5. The zero-order valence-corrected chi connectivity index (χ0v) is 10.4. The van der Waals surface area contributed by atoms with Crippen LogP contribution in [0.3, 0.4) is 0 Å². The average molecular weight is 287 g/mol. The largest absolute Gasteiger partial charge is 0.416 e. The zero-order chi connectivity index (χ0) is 14.0. The summed E-state index contributed by atoms with van der Waals surface area (Å²) >= 11 is 5.83. The summed E-state index contributed by atoms with van der Waals surface area (Å²) in [6.45, 7) is 0. The van der Waals surface area contributed by atoms with E-state index in [0.717, 1.165) is 12.1 Å². The maximum atomic E-state index is 12.5. The van der Waals surface area contributed by atoms with Crippen LogP contribution in [0.4, 0.5) is 30.2 Å². The van der Waals surface area contributed by atoms with Gasteiger partial charge < -0.3 is 11.1 Å². The molecule has 0 fully saturated rings. The first kappa shape index (κ1) is 13.5. The van der Waals surface area contributed by atoms with Crippen molar-refractivity contribution in [3.63, 3.8) is 0 Å². The number of hydrogen-bond donors (Lipinski definition) is 2. The lowest BCUT2D eigenvalue weighted by molar-refractivity contribution is -0.137. The molecule has 2 rings (SSSR count). The first-order valence-electron chi connectivity index (χ1n) is 5.35. The third kappa shape index (κ3) is 3.32. The lowest BCUT2D eigenvalue weighted by atomic mass is 10.2. The second kappa shape index (κ2) is 5.01. The van der Waals surface area contributed by atoms with Crippen LogP contribution in [-0.4, -0.2) is 0 Å². The molecule has 0 heterocycles. The number of benzene rings is 2. The van der Waals surface area contributed by atoms with E-state index >= 15 is 0 Å². The first-order chi connectivity index (χ1) is 8.86. The molecule has 2 nitrogen and oxygen atoms in total. The fraction of sp³-hybridized carbons (Fsp3) is 0.0769. The number of nitrogens with one attached hydrogen (secondary N) is 1. The van der Waals surface area contributed by atoms with E-state index in [0.29, 0.717) is 17.1 Å². The Morgan fingerprint density at radius 3 is 2.16 bits per heavy atom. The molecule has 0 amide bonds. The molecule has 6 heteroatoms. The maximum Gasteiger partial charge on any atom is 0.416 e. The van der Waals surface area contributed by atoms with Crippen LogP contribution in [0.25, 0.3) is 0 Å². The van der Waals surface area contributed by atoms with Crippen LogP contribution in [0.1, 0.15) is 5.56 Å². The highest BCUT2D eigenvalue weighted by molar-refractivity contribution is 6.33. The predicted molar refractivity (Wildman–Crippen MR) is 70.6 cm³/mol. The van der Waals surface area contributed by atoms with Crippen LogP contribution in [0.15, 0.2) is 42.5 Å². The molecule has 2 aromatic carbocycles. The Kier molecular flexibility index (Phi) is 3.57. The molecule has 0 spiro atoms. The lowest BCUT2D eigenvalue weighted by Gasteiger charge is -2.12. The molecule has 0 bridgehead atoms. The Morgan fingerprint density at radius 2 is 1.63 bits per heavy atom. The zero-order valence-electron chi connectivity index (χ0n) is 9.63. The Morgan fingerprint density at radius 1 is 1.00 bits per heavy atom. The van der Waals surface area contributed by atoms with Gasteiger partial charge in [0.1, 0.15) is 0 Å². The highest BCUT2D eigenvalue weighted by Gasteiger charge is 2.30. The van der Waals surface area contributed by atoms with Gasteiger partial charge >= 0.3 is 6.18 Å². The number of halogens is 4. The van der Waals surface area contributed by atoms with E-state index in [9.17, 15) is 13.2 Å². The van der Waals surface area contributed by atoms with Crippen LogP contribution < -0.4 is 11.1 Å². The number of nitrogens with two attached hydrogens (primary N) is 1. The van der Waals surface area contributed by atoms with Gasteiger partial charge in [-0.3, -0.25) is 0 Å². The average Bonchev–Trinajstić information content (AvgIpc) is 2.33. The first-order valence-corrected chi connectivity index (χ1v) is 5.73. The lowest BCUT2D eigenvalue weighted by Crippen LogP contribution is -2.05. The SMILES string of the molecule is Nc1ccc(Nc2ccc(C(F)(F)F)cc2Cl)cc1. The summed E-state index contributed by atoms with van der Waals surface area (Å²) in [4.78, 5) is 0. The molecule has 19 heavy (non-hydrogen) atoms. The van der Waals surface area contributed by atoms with Crippen LogP contribution in [0.5, 0.6) is 0 Å². The fourth-order valence-electron chi connectivity index (χ4n) is 1.51. The third-order valence-electron chi connectivity index (χ3n) is 2.49. The molecular formula is C13H10ClF3N2. The van der Waals surface area contributed by atoms with Gasteiger partial charge in [0.15, 0.2) is 0 Å². The van der Waals surface area contributed by atoms with Crippen molar-refractivity contribution >= 4 is 28.7 Å². The van der Waals surface area contributed by atoms with Crippen molar-refractivity contribution in [3.05, 3.63) is 53.1 Å². The van der Waals surface area contributed by atoms with Gasteiger partial charge in [-0.2, -0.15) is 13.2 Å². The van der Waals surface area contributed by atoms with Crippen molar-refractivity contribution in [2.24, 2.45) is 0 Å². The molecule has 100 valence electrons. The molecular weight excluding hydrogens is 277 g/mol. The van der Waals surface area contributed by atoms with E-state index in [2.05, 4.69) is 5.32 Å². The molecule has 0 radical (unpaired) electrons. The molecule has 0 aliphatic carbocycles. The fourth-order valence-corrected chi connectivity index (χ4v) is 1.74. The predicted octanol–water partition coefficient (Wildman–Crippen LogP) is 4.68. The van der Waals surface area contributed by atoms with Crippen molar-refractivity contribution in [1.29, 1.82) is 0 Å². The van der Waals surface area contributed by atoms with Gasteiger partial charge in [0, 0.05) is 11.4 Å². The number of anilines is 3. The van der Waals surface area contributed by atoms with Gasteiger partial charge in [-0.1, -0.05) is 11.6 Å². The standard InChI is InChI=1S/C13H10ClF3N2/c14-11-7-8(13(15,16)17)1-6-12(11)19-10-4-2-9(18)3-5-10/h1-7,19H,18H2. The van der Waals surface area contributed by atoms with Gasteiger partial charge in [0.05, 0.1) is 16.3 Å². The highest BCUT2D eigenvalue weighted by Crippen LogP contribution is 2.34. The van der Waals surface area contributed by atoms with E-state index in [1.165, 1.54) is 6.07 Å². The molecule has 0 saturated heterocycles. The van der Waals surface area contributed by atoms with Crippen LogP contribution >= 0.6 is 11.6 Å². The van der Waals surface area contributed by atoms with Crippen molar-refractivity contribution in [1.82, 2.24) is 0 Å². The quantitative estimate of drug-likeness (QED) is 0.786. The second-order valence-corrected chi connectivity index (χ2v) is 4.35. The third-order valence-corrected chi connectivity index (χ3v) is 2.80. The van der Waals surface area contributed by atoms with Gasteiger partial charge in [0.25, 0.3) is 0 Å². The van der Waals surface area contributed by atoms with E-state index < -0.39 is 11.7 Å². The molecule has 0 aliphatic rings. The van der Waals surface area contributed by atoms with Crippen molar-refractivity contribution < 1.29 is 13.2 Å². The minimum Gasteiger partial charge on any atom is -0.399 e. The summed E-state index contributed by atoms with van der Waals surface area (Å²) < 4.78 is 37.4. The summed E-state index contributed by atoms with van der Waals surface area (Å²) in [6, 6.07) is 9.95. The molecule has 3 N–H and O–H groups in total. The molecule has 0 atom stereocenters. The molecule has 2 aromatic rings. The molecule has 0 saturated carbocycles. The summed E-state index contributed by atoms with van der Waals surface area (Å²) in [5.74, 6) is 0. The van der Waals surface area contributed by atoms with Gasteiger partial charge in [-0.05, 0) is 42.5 Å². The topological polar surface area (TPSA) is 38.0 Å². The Hall–Kier alpha value is -1.88. The number of nitrogen functional groups attached to an aromatic ring is 1. The van der Waals surface area contributed by atoms with Crippen molar-refractivity contribution in [3.8, 4) is 0 Å². The van der Waals surface area contributed by atoms with E-state index in [1.54, 1.807) is 24.3 Å². The Labute approximate surface area is 113 Å². The normalized spacial score (nSPS) is 11.4. The number of rotatable bonds is 2. The van der Waals surface area contributed by atoms with Gasteiger partial charge in [0.2, 0.25) is 0 Å². The molecule has 0 aromatic heterocycles. The van der Waals surface area contributed by atoms with E-state index in [-0.39, 0.29) is 5.02 Å². The second-order valence-electron chi connectivity index (χ2n) is 3.94. The van der Waals surface area contributed by atoms with Crippen LogP contribution in [0.2, 0.25) is 5.02 Å². The highest BCUT2D eigenvalue weighted by atomic mass is 35.5. The van der Waals surface area contributed by atoms with Gasteiger partial charge in [-0.15, -0.1) is 0 Å². The summed E-state index contributed by atoms with van der Waals surface area (Å²) in [6.07, 6.45) is -4.40. The Bertz CT molecular complexity index is 579. The molecule has 0 unspecified atom stereocenters. The summed E-state index contributed by atoms with van der Waals surface area (Å²) in [5, 5.41) is 2.93. The van der Waals surface area contributed by atoms with Crippen molar-refractivity contribution in [2.45, 2.75) is 6.18 Å². The number of alkyl halides is 3. The smallest absolute Gasteiger partial charge is 0.399 e. The van der Waals surface area contributed by atoms with Crippen LogP contribution in [-0.2, 0) is 6.18 Å². The van der Waals surface area contributed by atoms with E-state index in [4.69, 9.17) is 17.3 Å². The summed E-state index contributed by atoms with van der Waals surface area (Å²) in [7, 11) is 0. The monoisotopic (exact) mass is 286 g/mol. The summed E-state index contributed by atoms with van der Waals surface area (Å²) in [5.41, 5.74) is 6.46.